The topological polar surface area (TPSA) is 48.3 Å². The quantitative estimate of drug-likeness (QED) is 0.428. The van der Waals surface area contributed by atoms with Crippen molar-refractivity contribution in [2.24, 2.45) is 0 Å². The van der Waals surface area contributed by atoms with Gasteiger partial charge in [0.2, 0.25) is 0 Å². The third kappa shape index (κ3) is 5.37. The molecule has 31 heavy (non-hydrogen) atoms. The van der Waals surface area contributed by atoms with Gasteiger partial charge in [-0.25, -0.2) is 17.2 Å². The van der Waals surface area contributed by atoms with Gasteiger partial charge < -0.3 is 9.30 Å². The molecule has 0 aliphatic heterocycles. The molecule has 2 aromatic carbocycles. The molecule has 166 valence electrons. The largest absolute Gasteiger partial charge is 0.381 e. The van der Waals surface area contributed by atoms with Crippen LogP contribution in [0.5, 0.6) is 0 Å². The Balaban J connectivity index is 2.03. The van der Waals surface area contributed by atoms with Crippen molar-refractivity contribution in [3.05, 3.63) is 71.4 Å². The van der Waals surface area contributed by atoms with Crippen LogP contribution in [0.25, 0.3) is 16.9 Å². The van der Waals surface area contributed by atoms with E-state index >= 15 is 0 Å². The Hall–Kier alpha value is -2.58. The van der Waals surface area contributed by atoms with Crippen molar-refractivity contribution in [3.63, 3.8) is 0 Å². The van der Waals surface area contributed by atoms with Crippen LogP contribution in [0.2, 0.25) is 0 Å². The fraction of sp³-hybridized carbons (Fsp3) is 0.304. The van der Waals surface area contributed by atoms with Crippen molar-refractivity contribution in [1.82, 2.24) is 4.57 Å². The van der Waals surface area contributed by atoms with Crippen molar-refractivity contribution in [3.8, 4) is 16.9 Å². The van der Waals surface area contributed by atoms with Gasteiger partial charge in [0.25, 0.3) is 0 Å². The maximum Gasteiger partial charge on any atom is 0.175 e. The van der Waals surface area contributed by atoms with Crippen molar-refractivity contribution in [2.45, 2.75) is 24.7 Å². The molecule has 0 spiro atoms. The molecule has 8 heteroatoms. The number of alkyl halides is 1. The standard InChI is InChI=1S/C23H24F3NO3S/c1-16-18(10-13-30-12-3-11-24)14-23(17-4-7-20(8-5-17)31(2,28)29)27(16)19-6-9-21(25)22(26)15-19/h4-9,14-15H,3,10-13H2,1-2H3. The Morgan fingerprint density at radius 3 is 2.29 bits per heavy atom. The number of benzene rings is 2. The number of hydrogen-bond acceptors (Lipinski definition) is 3. The monoisotopic (exact) mass is 451 g/mol. The number of rotatable bonds is 9. The van der Waals surface area contributed by atoms with E-state index in [0.717, 1.165) is 35.2 Å². The molecule has 0 saturated carbocycles. The van der Waals surface area contributed by atoms with Gasteiger partial charge in [-0.15, -0.1) is 0 Å². The molecular formula is C23H24F3NO3S. The second-order valence-corrected chi connectivity index (χ2v) is 9.29. The SMILES string of the molecule is Cc1c(CCOCCCF)cc(-c2ccc(S(C)(=O)=O)cc2)n1-c1ccc(F)c(F)c1. The van der Waals surface area contributed by atoms with E-state index in [2.05, 4.69) is 0 Å². The average Bonchev–Trinajstić information content (AvgIpc) is 3.06. The number of ether oxygens (including phenoxy) is 1. The molecule has 0 fully saturated rings. The van der Waals surface area contributed by atoms with Gasteiger partial charge in [0.05, 0.1) is 23.9 Å². The van der Waals surface area contributed by atoms with Gasteiger partial charge >= 0.3 is 0 Å². The molecule has 3 aromatic rings. The zero-order valence-electron chi connectivity index (χ0n) is 17.4. The van der Waals surface area contributed by atoms with E-state index < -0.39 is 28.1 Å². The predicted molar refractivity (Wildman–Crippen MR) is 114 cm³/mol. The highest BCUT2D eigenvalue weighted by Crippen LogP contribution is 2.31. The fourth-order valence-electron chi connectivity index (χ4n) is 3.39. The zero-order valence-corrected chi connectivity index (χ0v) is 18.2. The lowest BCUT2D eigenvalue weighted by atomic mass is 10.1. The summed E-state index contributed by atoms with van der Waals surface area (Å²) < 4.78 is 70.4. The van der Waals surface area contributed by atoms with E-state index in [1.165, 1.54) is 18.2 Å². The number of halogens is 3. The Kier molecular flexibility index (Phi) is 7.23. The van der Waals surface area contributed by atoms with Crippen LogP contribution >= 0.6 is 0 Å². The summed E-state index contributed by atoms with van der Waals surface area (Å²) in [6, 6.07) is 12.0. The smallest absolute Gasteiger partial charge is 0.175 e. The summed E-state index contributed by atoms with van der Waals surface area (Å²) in [7, 11) is -3.34. The minimum atomic E-state index is -3.34. The summed E-state index contributed by atoms with van der Waals surface area (Å²) >= 11 is 0. The first-order chi connectivity index (χ1) is 14.7. The molecule has 0 radical (unpaired) electrons. The van der Waals surface area contributed by atoms with Crippen molar-refractivity contribution in [1.29, 1.82) is 0 Å². The second-order valence-electron chi connectivity index (χ2n) is 7.28. The Morgan fingerprint density at radius 2 is 1.68 bits per heavy atom. The third-order valence-electron chi connectivity index (χ3n) is 5.03. The van der Waals surface area contributed by atoms with E-state index in [1.54, 1.807) is 16.7 Å². The van der Waals surface area contributed by atoms with Gasteiger partial charge in [-0.3, -0.25) is 4.39 Å². The first-order valence-corrected chi connectivity index (χ1v) is 11.7. The summed E-state index contributed by atoms with van der Waals surface area (Å²) in [5, 5.41) is 0. The molecule has 0 aliphatic rings. The van der Waals surface area contributed by atoms with Gasteiger partial charge in [0.15, 0.2) is 21.5 Å². The minimum Gasteiger partial charge on any atom is -0.381 e. The molecule has 0 atom stereocenters. The van der Waals surface area contributed by atoms with Crippen LogP contribution in [0.4, 0.5) is 13.2 Å². The average molecular weight is 452 g/mol. The molecule has 0 N–H and O–H groups in total. The maximum atomic E-state index is 13.9. The van der Waals surface area contributed by atoms with E-state index in [-0.39, 0.29) is 4.90 Å². The summed E-state index contributed by atoms with van der Waals surface area (Å²) in [6.45, 7) is 2.17. The molecule has 0 amide bonds. The van der Waals surface area contributed by atoms with Gasteiger partial charge in [-0.05, 0) is 61.2 Å². The summed E-state index contributed by atoms with van der Waals surface area (Å²) in [5.41, 5.74) is 3.64. The number of hydrogen-bond donors (Lipinski definition) is 0. The van der Waals surface area contributed by atoms with E-state index in [1.807, 2.05) is 13.0 Å². The molecular weight excluding hydrogens is 427 g/mol. The first kappa shape index (κ1) is 23.1. The van der Waals surface area contributed by atoms with E-state index in [0.29, 0.717) is 37.4 Å². The lowest BCUT2D eigenvalue weighted by Crippen LogP contribution is -2.04. The highest BCUT2D eigenvalue weighted by Gasteiger charge is 2.17. The summed E-state index contributed by atoms with van der Waals surface area (Å²) in [6.07, 6.45) is 2.03. The van der Waals surface area contributed by atoms with Crippen molar-refractivity contribution in [2.75, 3.05) is 26.1 Å². The van der Waals surface area contributed by atoms with Gasteiger partial charge in [0.1, 0.15) is 0 Å². The Labute approximate surface area is 180 Å². The summed E-state index contributed by atoms with van der Waals surface area (Å²) in [4.78, 5) is 0.195. The number of nitrogens with zero attached hydrogens (tertiary/aromatic N) is 1. The second kappa shape index (κ2) is 9.70. The lowest BCUT2D eigenvalue weighted by Gasteiger charge is -2.13. The van der Waals surface area contributed by atoms with Gasteiger partial charge in [-0.1, -0.05) is 12.1 Å². The Bertz CT molecular complexity index is 1160. The van der Waals surface area contributed by atoms with Crippen LogP contribution in [-0.4, -0.2) is 39.1 Å². The highest BCUT2D eigenvalue weighted by molar-refractivity contribution is 7.90. The third-order valence-corrected chi connectivity index (χ3v) is 6.16. The Morgan fingerprint density at radius 1 is 0.968 bits per heavy atom. The van der Waals surface area contributed by atoms with Crippen LogP contribution in [0, 0.1) is 18.6 Å². The molecule has 0 unspecified atom stereocenters. The van der Waals surface area contributed by atoms with Crippen LogP contribution < -0.4 is 0 Å². The van der Waals surface area contributed by atoms with Crippen molar-refractivity contribution < 1.29 is 26.3 Å². The van der Waals surface area contributed by atoms with E-state index in [9.17, 15) is 21.6 Å². The maximum absolute atomic E-state index is 13.9. The molecule has 4 nitrogen and oxygen atoms in total. The van der Waals surface area contributed by atoms with Gasteiger partial charge in [-0.2, -0.15) is 0 Å². The predicted octanol–water partition coefficient (Wildman–Crippen LogP) is 5.05. The van der Waals surface area contributed by atoms with Crippen molar-refractivity contribution >= 4 is 9.84 Å². The minimum absolute atomic E-state index is 0.195. The van der Waals surface area contributed by atoms with E-state index in [4.69, 9.17) is 4.74 Å². The normalized spacial score (nSPS) is 11.8. The van der Waals surface area contributed by atoms with Crippen LogP contribution in [0.1, 0.15) is 17.7 Å². The van der Waals surface area contributed by atoms with Gasteiger partial charge in [0, 0.05) is 30.3 Å². The first-order valence-electron chi connectivity index (χ1n) is 9.83. The molecule has 0 aliphatic carbocycles. The van der Waals surface area contributed by atoms with Crippen LogP contribution in [-0.2, 0) is 21.0 Å². The lowest BCUT2D eigenvalue weighted by molar-refractivity contribution is 0.129. The number of aromatic nitrogens is 1. The molecule has 0 bridgehead atoms. The summed E-state index contributed by atoms with van der Waals surface area (Å²) in [5.74, 6) is -1.89. The molecule has 1 aromatic heterocycles. The molecule has 1 heterocycles. The van der Waals surface area contributed by atoms with Crippen LogP contribution in [0.15, 0.2) is 53.4 Å². The molecule has 3 rings (SSSR count). The zero-order chi connectivity index (χ0) is 22.6. The number of sulfone groups is 1. The fourth-order valence-corrected chi connectivity index (χ4v) is 4.02. The highest BCUT2D eigenvalue weighted by atomic mass is 32.2. The molecule has 0 saturated heterocycles. The van der Waals surface area contributed by atoms with Crippen LogP contribution in [0.3, 0.4) is 0 Å².